The summed E-state index contributed by atoms with van der Waals surface area (Å²) in [5.74, 6) is 0.240. The Bertz CT molecular complexity index is 840. The Kier molecular flexibility index (Phi) is 2.65. The average Bonchev–Trinajstić information content (AvgIpc) is 2.94. The number of aromatic nitrogens is 3. The average molecular weight is 279 g/mol. The first-order valence-electron chi connectivity index (χ1n) is 4.86. The monoisotopic (exact) mass is 279 g/mol. The zero-order chi connectivity index (χ0) is 12.5. The third kappa shape index (κ3) is 1.91. The minimum Gasteiger partial charge on any atom is -0.395 e. The third-order valence-corrected chi connectivity index (χ3v) is 3.33. The van der Waals surface area contributed by atoms with Gasteiger partial charge in [-0.15, -0.1) is 4.37 Å². The molecule has 0 amide bonds. The van der Waals surface area contributed by atoms with E-state index < -0.39 is 4.94 Å². The number of hydrogen-bond acceptors (Lipinski definition) is 7. The van der Waals surface area contributed by atoms with Crippen LogP contribution in [0, 0.1) is 0 Å². The first-order chi connectivity index (χ1) is 8.74. The number of pyridine rings is 1. The number of hydrogen-bond donors (Lipinski definition) is 0. The molecule has 0 fully saturated rings. The van der Waals surface area contributed by atoms with Gasteiger partial charge in [-0.2, -0.15) is 4.37 Å². The highest BCUT2D eigenvalue weighted by atomic mass is 32.1. The van der Waals surface area contributed by atoms with Crippen LogP contribution >= 0.6 is 23.1 Å². The van der Waals surface area contributed by atoms with Crippen LogP contribution in [0.5, 0.6) is 0 Å². The summed E-state index contributed by atoms with van der Waals surface area (Å²) in [6.07, 6.45) is 4.92. The zero-order valence-electron chi connectivity index (χ0n) is 8.77. The van der Waals surface area contributed by atoms with E-state index in [1.807, 2.05) is 6.07 Å². The molecule has 0 aliphatic rings. The van der Waals surface area contributed by atoms with Crippen molar-refractivity contribution < 1.29 is 4.42 Å². The Morgan fingerprint density at radius 2 is 2.11 bits per heavy atom. The fraction of sp³-hybridized carbons (Fsp3) is 0. The Hall–Kier alpha value is -2.06. The summed E-state index contributed by atoms with van der Waals surface area (Å²) in [6, 6.07) is 3.56. The minimum absolute atomic E-state index is 0.138. The molecule has 3 rings (SSSR count). The molecule has 3 aromatic rings. The van der Waals surface area contributed by atoms with Gasteiger partial charge in [0, 0.05) is 29.4 Å². The molecule has 90 valence electrons. The summed E-state index contributed by atoms with van der Waals surface area (Å²) >= 11 is 1.65. The lowest BCUT2D eigenvalue weighted by Crippen LogP contribution is -2.02. The van der Waals surface area contributed by atoms with Crippen molar-refractivity contribution in [2.45, 2.75) is 0 Å². The largest absolute Gasteiger partial charge is 0.414 e. The quantitative estimate of drug-likeness (QED) is 0.707. The Morgan fingerprint density at radius 3 is 2.89 bits per heavy atom. The standard InChI is InChI=1S/C10H5N3O3S2/c14-9-13-5-1-2-6(8(13)12-17-9)3-4-7-11-18-10(15)16-7/h1-5H/b4-3+. The molecule has 0 unspecified atom stereocenters. The van der Waals surface area contributed by atoms with E-state index >= 15 is 0 Å². The summed E-state index contributed by atoms with van der Waals surface area (Å²) in [7, 11) is 0. The highest BCUT2D eigenvalue weighted by Crippen LogP contribution is 2.11. The molecule has 0 bridgehead atoms. The van der Waals surface area contributed by atoms with Crippen molar-refractivity contribution in [1.29, 1.82) is 0 Å². The molecule has 0 N–H and O–H groups in total. The number of nitrogens with zero attached hydrogens (tertiary/aromatic N) is 3. The summed E-state index contributed by atoms with van der Waals surface area (Å²) in [5.41, 5.74) is 1.33. The lowest BCUT2D eigenvalue weighted by molar-refractivity contribution is 0.516. The van der Waals surface area contributed by atoms with Crippen LogP contribution < -0.4 is 9.81 Å². The second kappa shape index (κ2) is 4.31. The van der Waals surface area contributed by atoms with Gasteiger partial charge in [0.2, 0.25) is 5.89 Å². The van der Waals surface area contributed by atoms with E-state index in [-0.39, 0.29) is 10.8 Å². The molecule has 0 radical (unpaired) electrons. The SMILES string of the molecule is O=c1oc(/C=C/c2cccn3c(=O)snc23)ns1. The Balaban J connectivity index is 2.07. The topological polar surface area (TPSA) is 77.5 Å². The van der Waals surface area contributed by atoms with E-state index in [4.69, 9.17) is 4.42 Å². The maximum atomic E-state index is 11.4. The van der Waals surface area contributed by atoms with Crippen LogP contribution in [0.4, 0.5) is 0 Å². The molecule has 0 spiro atoms. The molecule has 3 heterocycles. The van der Waals surface area contributed by atoms with Crippen LogP contribution in [-0.4, -0.2) is 13.1 Å². The molecular formula is C10H5N3O3S2. The maximum absolute atomic E-state index is 11.4. The molecule has 0 aliphatic carbocycles. The molecular weight excluding hydrogens is 274 g/mol. The molecule has 0 aromatic carbocycles. The molecule has 18 heavy (non-hydrogen) atoms. The highest BCUT2D eigenvalue weighted by molar-refractivity contribution is 7.03. The van der Waals surface area contributed by atoms with E-state index in [0.29, 0.717) is 5.65 Å². The van der Waals surface area contributed by atoms with E-state index in [1.54, 1.807) is 24.4 Å². The lowest BCUT2D eigenvalue weighted by Gasteiger charge is -1.94. The molecule has 0 atom stereocenters. The number of fused-ring (bicyclic) bond motifs is 1. The smallest absolute Gasteiger partial charge is 0.395 e. The predicted molar refractivity (Wildman–Crippen MR) is 68.9 cm³/mol. The van der Waals surface area contributed by atoms with Crippen molar-refractivity contribution in [3.8, 4) is 0 Å². The van der Waals surface area contributed by atoms with Crippen LogP contribution in [0.3, 0.4) is 0 Å². The van der Waals surface area contributed by atoms with Gasteiger partial charge in [0.25, 0.3) is 0 Å². The van der Waals surface area contributed by atoms with Crippen molar-refractivity contribution >= 4 is 40.9 Å². The minimum atomic E-state index is -0.447. The fourth-order valence-electron chi connectivity index (χ4n) is 1.45. The predicted octanol–water partition coefficient (Wildman–Crippen LogP) is 1.34. The van der Waals surface area contributed by atoms with Crippen LogP contribution in [0.25, 0.3) is 17.8 Å². The Labute approximate surface area is 108 Å². The van der Waals surface area contributed by atoms with Crippen molar-refractivity contribution in [2.75, 3.05) is 0 Å². The third-order valence-electron chi connectivity index (χ3n) is 2.21. The molecule has 0 aliphatic heterocycles. The van der Waals surface area contributed by atoms with Crippen LogP contribution in [0.15, 0.2) is 32.3 Å². The normalized spacial score (nSPS) is 11.6. The van der Waals surface area contributed by atoms with Crippen molar-refractivity contribution in [3.05, 3.63) is 49.2 Å². The first-order valence-corrected chi connectivity index (χ1v) is 6.41. The zero-order valence-corrected chi connectivity index (χ0v) is 10.4. The van der Waals surface area contributed by atoms with Gasteiger partial charge >= 0.3 is 9.81 Å². The number of rotatable bonds is 2. The molecule has 0 saturated heterocycles. The van der Waals surface area contributed by atoms with Crippen molar-refractivity contribution in [2.24, 2.45) is 0 Å². The molecule has 0 saturated carbocycles. The van der Waals surface area contributed by atoms with Gasteiger partial charge < -0.3 is 4.42 Å². The van der Waals surface area contributed by atoms with Gasteiger partial charge in [-0.1, -0.05) is 0 Å². The second-order valence-electron chi connectivity index (χ2n) is 3.31. The summed E-state index contributed by atoms with van der Waals surface area (Å²) in [4.78, 5) is 21.7. The fourth-order valence-corrected chi connectivity index (χ4v) is 2.43. The van der Waals surface area contributed by atoms with E-state index in [9.17, 15) is 9.59 Å². The summed E-state index contributed by atoms with van der Waals surface area (Å²) < 4.78 is 14.1. The second-order valence-corrected chi connectivity index (χ2v) is 4.72. The highest BCUT2D eigenvalue weighted by Gasteiger charge is 2.04. The van der Waals surface area contributed by atoms with Crippen LogP contribution in [0.2, 0.25) is 0 Å². The maximum Gasteiger partial charge on any atom is 0.414 e. The van der Waals surface area contributed by atoms with Crippen molar-refractivity contribution in [1.82, 2.24) is 13.1 Å². The molecule has 6 nitrogen and oxygen atoms in total. The molecule has 8 heteroatoms. The van der Waals surface area contributed by atoms with Gasteiger partial charge in [-0.05, 0) is 18.2 Å². The molecule has 3 aromatic heterocycles. The van der Waals surface area contributed by atoms with E-state index in [1.165, 1.54) is 4.40 Å². The summed E-state index contributed by atoms with van der Waals surface area (Å²) in [6.45, 7) is 0. The van der Waals surface area contributed by atoms with Crippen LogP contribution in [-0.2, 0) is 0 Å². The van der Waals surface area contributed by atoms with Gasteiger partial charge in [-0.3, -0.25) is 9.20 Å². The van der Waals surface area contributed by atoms with Gasteiger partial charge in [-0.25, -0.2) is 4.79 Å². The Morgan fingerprint density at radius 1 is 1.22 bits per heavy atom. The van der Waals surface area contributed by atoms with Crippen LogP contribution in [0.1, 0.15) is 11.5 Å². The van der Waals surface area contributed by atoms with Gasteiger partial charge in [0.1, 0.15) is 0 Å². The van der Waals surface area contributed by atoms with E-state index in [2.05, 4.69) is 8.75 Å². The van der Waals surface area contributed by atoms with E-state index in [0.717, 1.165) is 28.6 Å². The first kappa shape index (κ1) is 11.1. The van der Waals surface area contributed by atoms with Gasteiger partial charge in [0.15, 0.2) is 5.65 Å². The lowest BCUT2D eigenvalue weighted by atomic mass is 10.2. The summed E-state index contributed by atoms with van der Waals surface area (Å²) in [5, 5.41) is 0. The van der Waals surface area contributed by atoms with Crippen molar-refractivity contribution in [3.63, 3.8) is 0 Å². The van der Waals surface area contributed by atoms with Gasteiger partial charge in [0.05, 0.1) is 11.5 Å².